The van der Waals surface area contributed by atoms with Crippen LogP contribution in [0.3, 0.4) is 0 Å². The number of rotatable bonds is 8. The summed E-state index contributed by atoms with van der Waals surface area (Å²) < 4.78 is 12.1. The Balaban J connectivity index is 2.05. The summed E-state index contributed by atoms with van der Waals surface area (Å²) in [6, 6.07) is 9.97. The molecular weight excluding hydrogens is 418 g/mol. The fourth-order valence-corrected chi connectivity index (χ4v) is 3.74. The Hall–Kier alpha value is -2.01. The fourth-order valence-electron chi connectivity index (χ4n) is 3.20. The molecule has 2 aromatic carbocycles. The van der Waals surface area contributed by atoms with E-state index in [1.807, 2.05) is 38.1 Å². The van der Waals surface area contributed by atoms with Crippen molar-refractivity contribution in [2.24, 2.45) is 0 Å². The average Bonchev–Trinajstić information content (AvgIpc) is 2.66. The largest absolute Gasteiger partial charge is 0.496 e. The lowest BCUT2D eigenvalue weighted by molar-refractivity contribution is -0.123. The van der Waals surface area contributed by atoms with Crippen molar-refractivity contribution in [3.8, 4) is 11.5 Å². The highest BCUT2D eigenvalue weighted by Crippen LogP contribution is 2.32. The molecule has 1 N–H and O–H groups in total. The van der Waals surface area contributed by atoms with Gasteiger partial charge < -0.3 is 14.8 Å². The molecule has 152 valence electrons. The van der Waals surface area contributed by atoms with Crippen LogP contribution < -0.4 is 14.8 Å². The number of nitrogens with one attached hydrogen (secondary N) is 1. The van der Waals surface area contributed by atoms with Gasteiger partial charge in [0.05, 0.1) is 17.6 Å². The number of methoxy groups -OCH3 is 1. The van der Waals surface area contributed by atoms with Crippen LogP contribution in [0.4, 0.5) is 0 Å². The van der Waals surface area contributed by atoms with Gasteiger partial charge in [-0.2, -0.15) is 0 Å². The summed E-state index contributed by atoms with van der Waals surface area (Å²) in [5.41, 5.74) is 4.54. The molecule has 0 radical (unpaired) electrons. The first-order valence-corrected chi connectivity index (χ1v) is 10.4. The molecule has 5 heteroatoms. The highest BCUT2D eigenvalue weighted by atomic mass is 79.9. The highest BCUT2D eigenvalue weighted by Gasteiger charge is 2.17. The van der Waals surface area contributed by atoms with E-state index in [2.05, 4.69) is 48.1 Å². The van der Waals surface area contributed by atoms with E-state index in [0.29, 0.717) is 11.7 Å². The second-order valence-corrected chi connectivity index (χ2v) is 8.16. The molecular formula is C23H30BrNO3. The molecule has 0 bridgehead atoms. The van der Waals surface area contributed by atoms with Gasteiger partial charge in [-0.3, -0.25) is 4.79 Å². The lowest BCUT2D eigenvalue weighted by Gasteiger charge is -2.21. The van der Waals surface area contributed by atoms with Crippen LogP contribution in [0.1, 0.15) is 61.9 Å². The minimum absolute atomic E-state index is 0.0271. The standard InChI is InChI=1S/C23H30BrNO3/c1-7-17-8-9-21(20(24)11-17)28-13-23(26)25-16(5)19-12-18(14(2)3)22(27-6)10-15(19)4/h8-12,14,16H,7,13H2,1-6H3,(H,25,26)/t16-/m1/s1. The zero-order valence-electron chi connectivity index (χ0n) is 17.6. The van der Waals surface area contributed by atoms with E-state index in [9.17, 15) is 4.79 Å². The average molecular weight is 448 g/mol. The first kappa shape index (κ1) is 22.3. The van der Waals surface area contributed by atoms with E-state index >= 15 is 0 Å². The van der Waals surface area contributed by atoms with Crippen molar-refractivity contribution in [2.75, 3.05) is 13.7 Å². The van der Waals surface area contributed by atoms with Crippen molar-refractivity contribution in [1.82, 2.24) is 5.32 Å². The quantitative estimate of drug-likeness (QED) is 0.563. The molecule has 0 aliphatic carbocycles. The van der Waals surface area contributed by atoms with Crippen LogP contribution in [0.5, 0.6) is 11.5 Å². The minimum atomic E-state index is -0.153. The zero-order chi connectivity index (χ0) is 20.8. The van der Waals surface area contributed by atoms with Crippen molar-refractivity contribution in [3.05, 3.63) is 57.1 Å². The lowest BCUT2D eigenvalue weighted by atomic mass is 9.93. The molecule has 0 heterocycles. The van der Waals surface area contributed by atoms with E-state index < -0.39 is 0 Å². The Bertz CT molecular complexity index is 833. The maximum absolute atomic E-state index is 12.4. The van der Waals surface area contributed by atoms with E-state index in [1.54, 1.807) is 7.11 Å². The third kappa shape index (κ3) is 5.51. The molecule has 0 aliphatic heterocycles. The minimum Gasteiger partial charge on any atom is -0.496 e. The molecule has 0 saturated heterocycles. The molecule has 0 fully saturated rings. The van der Waals surface area contributed by atoms with Gasteiger partial charge in [-0.05, 0) is 88.6 Å². The van der Waals surface area contributed by atoms with Crippen molar-refractivity contribution in [2.45, 2.75) is 53.0 Å². The van der Waals surface area contributed by atoms with Crippen LogP contribution in [0, 0.1) is 6.92 Å². The third-order valence-electron chi connectivity index (χ3n) is 4.85. The van der Waals surface area contributed by atoms with Gasteiger partial charge in [0, 0.05) is 0 Å². The molecule has 0 aromatic heterocycles. The number of carbonyl (C=O) groups excluding carboxylic acids is 1. The molecule has 4 nitrogen and oxygen atoms in total. The fraction of sp³-hybridized carbons (Fsp3) is 0.435. The predicted molar refractivity (Wildman–Crippen MR) is 117 cm³/mol. The normalized spacial score (nSPS) is 12.0. The van der Waals surface area contributed by atoms with Gasteiger partial charge in [0.2, 0.25) is 0 Å². The number of amides is 1. The van der Waals surface area contributed by atoms with Gasteiger partial charge >= 0.3 is 0 Å². The summed E-state index contributed by atoms with van der Waals surface area (Å²) in [6.07, 6.45) is 0.955. The third-order valence-corrected chi connectivity index (χ3v) is 5.47. The Morgan fingerprint density at radius 2 is 1.82 bits per heavy atom. The molecule has 1 atom stereocenters. The van der Waals surface area contributed by atoms with Crippen LogP contribution in [0.2, 0.25) is 0 Å². The number of carbonyl (C=O) groups is 1. The second-order valence-electron chi connectivity index (χ2n) is 7.30. The number of halogens is 1. The number of aryl methyl sites for hydroxylation is 2. The molecule has 0 saturated carbocycles. The summed E-state index contributed by atoms with van der Waals surface area (Å²) >= 11 is 3.50. The number of benzene rings is 2. The summed E-state index contributed by atoms with van der Waals surface area (Å²) in [6.45, 7) is 10.4. The Morgan fingerprint density at radius 1 is 1.11 bits per heavy atom. The van der Waals surface area contributed by atoms with Gasteiger partial charge in [-0.15, -0.1) is 0 Å². The van der Waals surface area contributed by atoms with Gasteiger partial charge in [0.1, 0.15) is 11.5 Å². The maximum atomic E-state index is 12.4. The summed E-state index contributed by atoms with van der Waals surface area (Å²) in [4.78, 5) is 12.4. The number of hydrogen-bond acceptors (Lipinski definition) is 3. The van der Waals surface area contributed by atoms with E-state index in [4.69, 9.17) is 9.47 Å². The van der Waals surface area contributed by atoms with Crippen LogP contribution in [-0.4, -0.2) is 19.6 Å². The summed E-state index contributed by atoms with van der Waals surface area (Å²) in [5, 5.41) is 3.03. The molecule has 0 spiro atoms. The SMILES string of the molecule is CCc1ccc(OCC(=O)N[C@H](C)c2cc(C(C)C)c(OC)cc2C)c(Br)c1. The smallest absolute Gasteiger partial charge is 0.258 e. The van der Waals surface area contributed by atoms with Gasteiger partial charge in [-0.25, -0.2) is 0 Å². The molecule has 2 aromatic rings. The molecule has 1 amide bonds. The van der Waals surface area contributed by atoms with Gasteiger partial charge in [-0.1, -0.05) is 26.8 Å². The van der Waals surface area contributed by atoms with Crippen LogP contribution in [-0.2, 0) is 11.2 Å². The summed E-state index contributed by atoms with van der Waals surface area (Å²) in [5.74, 6) is 1.74. The zero-order valence-corrected chi connectivity index (χ0v) is 19.1. The Kier molecular flexibility index (Phi) is 7.93. The van der Waals surface area contributed by atoms with Crippen molar-refractivity contribution < 1.29 is 14.3 Å². The highest BCUT2D eigenvalue weighted by molar-refractivity contribution is 9.10. The predicted octanol–water partition coefficient (Wildman–Crippen LogP) is 5.71. The molecule has 0 aliphatic rings. The van der Waals surface area contributed by atoms with Crippen LogP contribution >= 0.6 is 15.9 Å². The first-order chi connectivity index (χ1) is 13.3. The Morgan fingerprint density at radius 3 is 2.39 bits per heavy atom. The first-order valence-electron chi connectivity index (χ1n) is 9.65. The van der Waals surface area contributed by atoms with Crippen molar-refractivity contribution >= 4 is 21.8 Å². The van der Waals surface area contributed by atoms with Crippen LogP contribution in [0.15, 0.2) is 34.8 Å². The molecule has 2 rings (SSSR count). The molecule has 28 heavy (non-hydrogen) atoms. The van der Waals surface area contributed by atoms with Gasteiger partial charge in [0.25, 0.3) is 5.91 Å². The van der Waals surface area contributed by atoms with E-state index in [0.717, 1.165) is 33.3 Å². The summed E-state index contributed by atoms with van der Waals surface area (Å²) in [7, 11) is 1.69. The van der Waals surface area contributed by atoms with Crippen molar-refractivity contribution in [1.29, 1.82) is 0 Å². The lowest BCUT2D eigenvalue weighted by Crippen LogP contribution is -2.31. The van der Waals surface area contributed by atoms with E-state index in [1.165, 1.54) is 5.56 Å². The van der Waals surface area contributed by atoms with Crippen molar-refractivity contribution in [3.63, 3.8) is 0 Å². The number of hydrogen-bond donors (Lipinski definition) is 1. The van der Waals surface area contributed by atoms with Gasteiger partial charge in [0.15, 0.2) is 6.61 Å². The second kappa shape index (κ2) is 9.97. The number of ether oxygens (including phenoxy) is 2. The molecule has 0 unspecified atom stereocenters. The topological polar surface area (TPSA) is 47.6 Å². The van der Waals surface area contributed by atoms with Crippen LogP contribution in [0.25, 0.3) is 0 Å². The maximum Gasteiger partial charge on any atom is 0.258 e. The Labute approximate surface area is 176 Å². The van der Waals surface area contributed by atoms with E-state index in [-0.39, 0.29) is 18.6 Å². The monoisotopic (exact) mass is 447 g/mol.